The molecule has 0 spiro atoms. The molecule has 1 aromatic carbocycles. The fourth-order valence-corrected chi connectivity index (χ4v) is 3.58. The molecule has 1 fully saturated rings. The molecule has 0 radical (unpaired) electrons. The molecule has 0 saturated heterocycles. The van der Waals surface area contributed by atoms with E-state index in [1.54, 1.807) is 18.2 Å². The maximum Gasteiger partial charge on any atom is 0.175 e. The molecule has 1 saturated carbocycles. The molecule has 5 heteroatoms. The Labute approximate surface area is 120 Å². The highest BCUT2D eigenvalue weighted by Crippen LogP contribution is 2.33. The van der Waals surface area contributed by atoms with E-state index in [1.165, 1.54) is 19.1 Å². The van der Waals surface area contributed by atoms with E-state index in [0.717, 1.165) is 18.5 Å². The molecule has 0 aliphatic heterocycles. The van der Waals surface area contributed by atoms with Crippen LogP contribution >= 0.6 is 11.6 Å². The highest BCUT2D eigenvalue weighted by molar-refractivity contribution is 7.90. The third-order valence-electron chi connectivity index (χ3n) is 3.89. The lowest BCUT2D eigenvalue weighted by Crippen LogP contribution is -2.23. The van der Waals surface area contributed by atoms with E-state index in [1.807, 2.05) is 0 Å². The van der Waals surface area contributed by atoms with E-state index in [9.17, 15) is 8.42 Å². The van der Waals surface area contributed by atoms with Gasteiger partial charge in [-0.2, -0.15) is 0 Å². The maximum absolute atomic E-state index is 11.6. The third-order valence-corrected chi connectivity index (χ3v) is 5.33. The van der Waals surface area contributed by atoms with Crippen LogP contribution in [0.15, 0.2) is 23.1 Å². The average Bonchev–Trinajstić information content (AvgIpc) is 2.77. The second-order valence-corrected chi connectivity index (χ2v) is 7.69. The first-order valence-electron chi connectivity index (χ1n) is 6.68. The Morgan fingerprint density at radius 1 is 1.37 bits per heavy atom. The minimum atomic E-state index is -3.19. The Balaban J connectivity index is 2.24. The van der Waals surface area contributed by atoms with Crippen molar-refractivity contribution < 1.29 is 8.42 Å². The summed E-state index contributed by atoms with van der Waals surface area (Å²) in [5.41, 5.74) is 0.731. The molecule has 2 unspecified atom stereocenters. The Kier molecular flexibility index (Phi) is 4.41. The van der Waals surface area contributed by atoms with E-state index in [4.69, 9.17) is 11.6 Å². The van der Waals surface area contributed by atoms with Crippen LogP contribution in [-0.2, 0) is 9.84 Å². The smallest absolute Gasteiger partial charge is 0.175 e. The van der Waals surface area contributed by atoms with Crippen LogP contribution in [0.2, 0.25) is 5.02 Å². The Morgan fingerprint density at radius 3 is 2.74 bits per heavy atom. The molecule has 0 bridgehead atoms. The van der Waals surface area contributed by atoms with Gasteiger partial charge in [0.25, 0.3) is 0 Å². The lowest BCUT2D eigenvalue weighted by atomic mass is 10.0. The van der Waals surface area contributed by atoms with Crippen LogP contribution in [0.25, 0.3) is 0 Å². The standard InChI is InChI=1S/C14H20ClNO2S/c1-3-10-5-4-6-13(10)16-14-9-11(19(2,17)18)7-8-12(14)15/h7-10,13,16H,3-6H2,1-2H3. The van der Waals surface area contributed by atoms with Gasteiger partial charge in [-0.15, -0.1) is 0 Å². The highest BCUT2D eigenvalue weighted by atomic mass is 35.5. The summed E-state index contributed by atoms with van der Waals surface area (Å²) >= 11 is 6.16. The van der Waals surface area contributed by atoms with Crippen molar-refractivity contribution in [3.63, 3.8) is 0 Å². The molecule has 1 aliphatic carbocycles. The lowest BCUT2D eigenvalue weighted by molar-refractivity contribution is 0.489. The molecule has 1 aromatic rings. The van der Waals surface area contributed by atoms with Crippen molar-refractivity contribution in [2.45, 2.75) is 43.5 Å². The van der Waals surface area contributed by atoms with Gasteiger partial charge in [0, 0.05) is 12.3 Å². The zero-order chi connectivity index (χ0) is 14.0. The molecule has 106 valence electrons. The van der Waals surface area contributed by atoms with E-state index >= 15 is 0 Å². The number of nitrogens with one attached hydrogen (secondary N) is 1. The summed E-state index contributed by atoms with van der Waals surface area (Å²) in [5, 5.41) is 4.00. The van der Waals surface area contributed by atoms with Gasteiger partial charge in [0.2, 0.25) is 0 Å². The van der Waals surface area contributed by atoms with Crippen LogP contribution in [0.4, 0.5) is 5.69 Å². The van der Waals surface area contributed by atoms with E-state index in [0.29, 0.717) is 21.9 Å². The zero-order valence-corrected chi connectivity index (χ0v) is 12.9. The Bertz CT molecular complexity index is 557. The van der Waals surface area contributed by atoms with Crippen LogP contribution in [0.5, 0.6) is 0 Å². The summed E-state index contributed by atoms with van der Waals surface area (Å²) < 4.78 is 23.2. The van der Waals surface area contributed by atoms with Crippen LogP contribution < -0.4 is 5.32 Å². The van der Waals surface area contributed by atoms with Gasteiger partial charge in [-0.25, -0.2) is 8.42 Å². The van der Waals surface area contributed by atoms with Gasteiger partial charge in [0.1, 0.15) is 0 Å². The predicted molar refractivity (Wildman–Crippen MR) is 79.6 cm³/mol. The van der Waals surface area contributed by atoms with Crippen molar-refractivity contribution in [1.29, 1.82) is 0 Å². The fraction of sp³-hybridized carbons (Fsp3) is 0.571. The summed E-state index contributed by atoms with van der Waals surface area (Å²) in [7, 11) is -3.19. The summed E-state index contributed by atoms with van der Waals surface area (Å²) in [6.45, 7) is 2.19. The van der Waals surface area contributed by atoms with Crippen LogP contribution in [0, 0.1) is 5.92 Å². The van der Waals surface area contributed by atoms with Crippen molar-refractivity contribution in [3.8, 4) is 0 Å². The summed E-state index contributed by atoms with van der Waals surface area (Å²) in [4.78, 5) is 0.311. The number of anilines is 1. The molecule has 19 heavy (non-hydrogen) atoms. The predicted octanol–water partition coefficient (Wildman–Crippen LogP) is 3.73. The van der Waals surface area contributed by atoms with E-state index in [2.05, 4.69) is 12.2 Å². The van der Waals surface area contributed by atoms with Crippen molar-refractivity contribution in [2.75, 3.05) is 11.6 Å². The molecular weight excluding hydrogens is 282 g/mol. The van der Waals surface area contributed by atoms with Crippen molar-refractivity contribution in [3.05, 3.63) is 23.2 Å². The largest absolute Gasteiger partial charge is 0.381 e. The molecule has 1 aliphatic rings. The molecular formula is C14H20ClNO2S. The molecule has 0 aromatic heterocycles. The normalized spacial score (nSPS) is 23.5. The van der Waals surface area contributed by atoms with Crippen LogP contribution in [0.1, 0.15) is 32.6 Å². The lowest BCUT2D eigenvalue weighted by Gasteiger charge is -2.22. The number of benzene rings is 1. The van der Waals surface area contributed by atoms with E-state index in [-0.39, 0.29) is 0 Å². The number of sulfone groups is 1. The minimum absolute atomic E-state index is 0.311. The van der Waals surface area contributed by atoms with Gasteiger partial charge in [0.15, 0.2) is 9.84 Å². The van der Waals surface area contributed by atoms with Gasteiger partial charge in [-0.3, -0.25) is 0 Å². The quantitative estimate of drug-likeness (QED) is 0.921. The average molecular weight is 302 g/mol. The SMILES string of the molecule is CCC1CCCC1Nc1cc(S(C)(=O)=O)ccc1Cl. The van der Waals surface area contributed by atoms with Gasteiger partial charge in [-0.1, -0.05) is 31.4 Å². The van der Waals surface area contributed by atoms with Gasteiger partial charge < -0.3 is 5.32 Å². The second-order valence-electron chi connectivity index (χ2n) is 5.26. The van der Waals surface area contributed by atoms with Crippen LogP contribution in [-0.4, -0.2) is 20.7 Å². The second kappa shape index (κ2) is 5.71. The number of halogens is 1. The van der Waals surface area contributed by atoms with Crippen LogP contribution in [0.3, 0.4) is 0 Å². The number of hydrogen-bond acceptors (Lipinski definition) is 3. The molecule has 0 amide bonds. The fourth-order valence-electron chi connectivity index (χ4n) is 2.76. The zero-order valence-electron chi connectivity index (χ0n) is 11.3. The van der Waals surface area contributed by atoms with Crippen molar-refractivity contribution in [1.82, 2.24) is 0 Å². The van der Waals surface area contributed by atoms with Crippen molar-refractivity contribution >= 4 is 27.1 Å². The van der Waals surface area contributed by atoms with E-state index < -0.39 is 9.84 Å². The third kappa shape index (κ3) is 3.42. The minimum Gasteiger partial charge on any atom is -0.381 e. The Hall–Kier alpha value is -0.740. The molecule has 0 heterocycles. The first kappa shape index (κ1) is 14.7. The summed E-state index contributed by atoms with van der Waals surface area (Å²) in [5.74, 6) is 0.651. The summed E-state index contributed by atoms with van der Waals surface area (Å²) in [6, 6.07) is 5.24. The number of rotatable bonds is 4. The van der Waals surface area contributed by atoms with Gasteiger partial charge in [0.05, 0.1) is 15.6 Å². The number of hydrogen-bond donors (Lipinski definition) is 1. The first-order valence-corrected chi connectivity index (χ1v) is 8.95. The first-order chi connectivity index (χ1) is 8.91. The van der Waals surface area contributed by atoms with Gasteiger partial charge in [-0.05, 0) is 37.0 Å². The molecule has 1 N–H and O–H groups in total. The molecule has 3 nitrogen and oxygen atoms in total. The Morgan fingerprint density at radius 2 is 2.11 bits per heavy atom. The van der Waals surface area contributed by atoms with Crippen molar-refractivity contribution in [2.24, 2.45) is 5.92 Å². The summed E-state index contributed by atoms with van der Waals surface area (Å²) in [6.07, 6.45) is 5.93. The topological polar surface area (TPSA) is 46.2 Å². The van der Waals surface area contributed by atoms with Gasteiger partial charge >= 0.3 is 0 Å². The maximum atomic E-state index is 11.6. The molecule has 2 rings (SSSR count). The highest BCUT2D eigenvalue weighted by Gasteiger charge is 2.26. The monoisotopic (exact) mass is 301 g/mol. The molecule has 2 atom stereocenters.